The van der Waals surface area contributed by atoms with E-state index in [1.807, 2.05) is 42.5 Å². The fourth-order valence-electron chi connectivity index (χ4n) is 3.59. The van der Waals surface area contributed by atoms with E-state index in [4.69, 9.17) is 18.9 Å². The van der Waals surface area contributed by atoms with Gasteiger partial charge in [-0.05, 0) is 43.2 Å². The van der Waals surface area contributed by atoms with Gasteiger partial charge in [-0.1, -0.05) is 28.1 Å². The average molecular weight is 448 g/mol. The van der Waals surface area contributed by atoms with E-state index in [2.05, 4.69) is 15.9 Å². The molecule has 0 atom stereocenters. The van der Waals surface area contributed by atoms with Crippen LogP contribution in [0.4, 0.5) is 5.69 Å². The van der Waals surface area contributed by atoms with Crippen LogP contribution in [0.1, 0.15) is 18.4 Å². The van der Waals surface area contributed by atoms with Crippen molar-refractivity contribution in [3.05, 3.63) is 52.5 Å². The van der Waals surface area contributed by atoms with Crippen LogP contribution < -0.4 is 14.4 Å². The lowest BCUT2D eigenvalue weighted by Crippen LogP contribution is -2.47. The van der Waals surface area contributed by atoms with E-state index in [1.165, 1.54) is 0 Å². The number of anilines is 1. The maximum Gasteiger partial charge on any atom is 0.292 e. The Morgan fingerprint density at radius 1 is 1.14 bits per heavy atom. The van der Waals surface area contributed by atoms with E-state index in [0.29, 0.717) is 44.3 Å². The quantitative estimate of drug-likeness (QED) is 0.629. The molecule has 1 amide bonds. The summed E-state index contributed by atoms with van der Waals surface area (Å²) in [5.41, 5.74) is 1.59. The Morgan fingerprint density at radius 3 is 2.64 bits per heavy atom. The molecule has 2 heterocycles. The summed E-state index contributed by atoms with van der Waals surface area (Å²) in [6.45, 7) is 1.98. The zero-order valence-electron chi connectivity index (χ0n) is 15.7. The summed E-state index contributed by atoms with van der Waals surface area (Å²) in [5.74, 6) is -0.103. The topological polar surface area (TPSA) is 57.2 Å². The van der Waals surface area contributed by atoms with Crippen molar-refractivity contribution in [3.63, 3.8) is 0 Å². The molecule has 2 aromatic carbocycles. The van der Waals surface area contributed by atoms with E-state index in [1.54, 1.807) is 12.0 Å². The van der Waals surface area contributed by atoms with E-state index in [0.717, 1.165) is 22.1 Å². The summed E-state index contributed by atoms with van der Waals surface area (Å²) >= 11 is 3.49. The largest absolute Gasteiger partial charge is 0.493 e. The number of rotatable bonds is 6. The van der Waals surface area contributed by atoms with Gasteiger partial charge in [-0.3, -0.25) is 4.79 Å². The molecule has 28 heavy (non-hydrogen) atoms. The zero-order valence-corrected chi connectivity index (χ0v) is 17.2. The SMILES string of the molecule is COc1ccccc1OCCCN1C(=O)C2(OCCCO2)c2cc(Br)ccc21. The van der Waals surface area contributed by atoms with E-state index >= 15 is 0 Å². The first kappa shape index (κ1) is 19.2. The van der Waals surface area contributed by atoms with Crippen molar-refractivity contribution in [3.8, 4) is 11.5 Å². The van der Waals surface area contributed by atoms with Crippen LogP contribution in [0.25, 0.3) is 0 Å². The van der Waals surface area contributed by atoms with Crippen LogP contribution in [0, 0.1) is 0 Å². The van der Waals surface area contributed by atoms with Crippen molar-refractivity contribution in [2.75, 3.05) is 38.4 Å². The molecule has 0 N–H and O–H groups in total. The van der Waals surface area contributed by atoms with E-state index in [9.17, 15) is 4.79 Å². The van der Waals surface area contributed by atoms with Crippen LogP contribution >= 0.6 is 15.9 Å². The third kappa shape index (κ3) is 3.38. The summed E-state index contributed by atoms with van der Waals surface area (Å²) in [6.07, 6.45) is 1.44. The Balaban J connectivity index is 1.47. The molecule has 0 radical (unpaired) electrons. The predicted molar refractivity (Wildman–Crippen MR) is 108 cm³/mol. The molecule has 0 saturated carbocycles. The van der Waals surface area contributed by atoms with E-state index < -0.39 is 5.79 Å². The summed E-state index contributed by atoms with van der Waals surface area (Å²) < 4.78 is 23.8. The first-order chi connectivity index (χ1) is 13.7. The van der Waals surface area contributed by atoms with Gasteiger partial charge >= 0.3 is 0 Å². The molecule has 1 saturated heterocycles. The molecule has 4 rings (SSSR count). The number of hydrogen-bond donors (Lipinski definition) is 0. The van der Waals surface area contributed by atoms with Crippen LogP contribution in [0.3, 0.4) is 0 Å². The Morgan fingerprint density at radius 2 is 1.89 bits per heavy atom. The van der Waals surface area contributed by atoms with Gasteiger partial charge in [0, 0.05) is 16.6 Å². The van der Waals surface area contributed by atoms with Crippen molar-refractivity contribution in [2.24, 2.45) is 0 Å². The lowest BCUT2D eigenvalue weighted by molar-refractivity contribution is -0.256. The smallest absolute Gasteiger partial charge is 0.292 e. The predicted octanol–water partition coefficient (Wildman–Crippen LogP) is 3.86. The summed E-state index contributed by atoms with van der Waals surface area (Å²) in [7, 11) is 1.61. The van der Waals surface area contributed by atoms with Crippen molar-refractivity contribution >= 4 is 27.5 Å². The van der Waals surface area contributed by atoms with E-state index in [-0.39, 0.29) is 5.91 Å². The van der Waals surface area contributed by atoms with Crippen LogP contribution in [-0.4, -0.2) is 39.4 Å². The molecule has 148 valence electrons. The Hall–Kier alpha value is -2.09. The number of halogens is 1. The minimum atomic E-state index is -1.32. The minimum Gasteiger partial charge on any atom is -0.493 e. The third-order valence-corrected chi connectivity index (χ3v) is 5.38. The van der Waals surface area contributed by atoms with Gasteiger partial charge in [-0.25, -0.2) is 0 Å². The van der Waals surface area contributed by atoms with Gasteiger partial charge < -0.3 is 23.8 Å². The molecule has 0 unspecified atom stereocenters. The molecule has 0 bridgehead atoms. The Labute approximate surface area is 172 Å². The molecule has 0 aliphatic carbocycles. The highest BCUT2D eigenvalue weighted by Gasteiger charge is 2.54. The molecule has 1 fully saturated rings. The number of carbonyl (C=O) groups excluding carboxylic acids is 1. The number of para-hydroxylation sites is 2. The fourth-order valence-corrected chi connectivity index (χ4v) is 3.95. The molecule has 2 aliphatic heterocycles. The normalized spacial score (nSPS) is 17.6. The maximum atomic E-state index is 13.2. The number of benzene rings is 2. The number of methoxy groups -OCH3 is 1. The number of nitrogens with zero attached hydrogens (tertiary/aromatic N) is 1. The maximum absolute atomic E-state index is 13.2. The standard InChI is InChI=1S/C21H22BrNO5/c1-25-18-6-2-3-7-19(18)26-11-4-10-23-17-9-8-15(22)14-16(17)21(20(23)24)27-12-5-13-28-21/h2-3,6-9,14H,4-5,10-13H2,1H3. The summed E-state index contributed by atoms with van der Waals surface area (Å²) in [6, 6.07) is 13.3. The number of ether oxygens (including phenoxy) is 4. The van der Waals surface area contributed by atoms with Gasteiger partial charge in [-0.2, -0.15) is 0 Å². The van der Waals surface area contributed by atoms with Crippen LogP contribution in [0.5, 0.6) is 11.5 Å². The molecule has 2 aliphatic rings. The molecule has 7 heteroatoms. The number of amides is 1. The molecule has 2 aromatic rings. The number of fused-ring (bicyclic) bond motifs is 2. The Bertz CT molecular complexity index is 866. The van der Waals surface area contributed by atoms with Gasteiger partial charge in [-0.15, -0.1) is 0 Å². The van der Waals surface area contributed by atoms with Crippen molar-refractivity contribution in [2.45, 2.75) is 18.6 Å². The first-order valence-corrected chi connectivity index (χ1v) is 10.1. The molecular formula is C21H22BrNO5. The second-order valence-corrected chi connectivity index (χ2v) is 7.55. The number of hydrogen-bond acceptors (Lipinski definition) is 5. The Kier molecular flexibility index (Phi) is 5.57. The van der Waals surface area contributed by atoms with Crippen molar-refractivity contribution in [1.82, 2.24) is 0 Å². The lowest BCUT2D eigenvalue weighted by Gasteiger charge is -2.32. The highest BCUT2D eigenvalue weighted by molar-refractivity contribution is 9.10. The second kappa shape index (κ2) is 8.11. The molecule has 1 spiro atoms. The second-order valence-electron chi connectivity index (χ2n) is 6.64. The minimum absolute atomic E-state index is 0.169. The van der Waals surface area contributed by atoms with Crippen LogP contribution in [-0.2, 0) is 20.1 Å². The van der Waals surface area contributed by atoms with Crippen LogP contribution in [0.2, 0.25) is 0 Å². The van der Waals surface area contributed by atoms with Gasteiger partial charge in [0.25, 0.3) is 11.7 Å². The van der Waals surface area contributed by atoms with Crippen LogP contribution in [0.15, 0.2) is 46.9 Å². The zero-order chi connectivity index (χ0) is 19.6. The van der Waals surface area contributed by atoms with Crippen molar-refractivity contribution < 1.29 is 23.7 Å². The molecular weight excluding hydrogens is 426 g/mol. The van der Waals surface area contributed by atoms with Gasteiger partial charge in [0.05, 0.1) is 32.6 Å². The van der Waals surface area contributed by atoms with Gasteiger partial charge in [0.15, 0.2) is 11.5 Å². The first-order valence-electron chi connectivity index (χ1n) is 9.31. The van der Waals surface area contributed by atoms with Gasteiger partial charge in [0.2, 0.25) is 0 Å². The van der Waals surface area contributed by atoms with Gasteiger partial charge in [0.1, 0.15) is 0 Å². The summed E-state index contributed by atoms with van der Waals surface area (Å²) in [4.78, 5) is 14.9. The molecule has 0 aromatic heterocycles. The fraction of sp³-hybridized carbons (Fsp3) is 0.381. The lowest BCUT2D eigenvalue weighted by atomic mass is 10.1. The summed E-state index contributed by atoms with van der Waals surface area (Å²) in [5, 5.41) is 0. The highest BCUT2D eigenvalue weighted by atomic mass is 79.9. The third-order valence-electron chi connectivity index (χ3n) is 4.88. The highest BCUT2D eigenvalue weighted by Crippen LogP contribution is 2.46. The average Bonchev–Trinajstić information content (AvgIpc) is 2.94. The number of carbonyl (C=O) groups is 1. The van der Waals surface area contributed by atoms with Crippen molar-refractivity contribution in [1.29, 1.82) is 0 Å². The monoisotopic (exact) mass is 447 g/mol. The molecule has 6 nitrogen and oxygen atoms in total.